The third-order valence-corrected chi connectivity index (χ3v) is 5.88. The molecule has 1 saturated heterocycles. The summed E-state index contributed by atoms with van der Waals surface area (Å²) in [5.74, 6) is 1.93. The molecule has 2 atom stereocenters. The second-order valence-corrected chi connectivity index (χ2v) is 8.16. The molecule has 0 bridgehead atoms. The summed E-state index contributed by atoms with van der Waals surface area (Å²) in [7, 11) is 0. The van der Waals surface area contributed by atoms with E-state index in [-0.39, 0.29) is 12.1 Å². The van der Waals surface area contributed by atoms with Gasteiger partial charge in [-0.25, -0.2) is 4.79 Å². The van der Waals surface area contributed by atoms with Crippen LogP contribution in [-0.2, 0) is 4.74 Å². The zero-order chi connectivity index (χ0) is 18.1. The second-order valence-electron chi connectivity index (χ2n) is 7.30. The molecule has 2 aliphatic heterocycles. The number of carbonyl (C=O) groups excluding carboxylic acids is 1. The Kier molecular flexibility index (Phi) is 5.27. The first-order valence-electron chi connectivity index (χ1n) is 9.35. The van der Waals surface area contributed by atoms with Crippen LogP contribution in [0.3, 0.4) is 0 Å². The van der Waals surface area contributed by atoms with Gasteiger partial charge in [-0.15, -0.1) is 0 Å². The molecule has 0 aromatic heterocycles. The predicted octanol–water partition coefficient (Wildman–Crippen LogP) is 3.49. The van der Waals surface area contributed by atoms with Crippen LogP contribution in [0.2, 0.25) is 0 Å². The number of benzene rings is 1. The first-order valence-corrected chi connectivity index (χ1v) is 10.1. The van der Waals surface area contributed by atoms with Crippen LogP contribution in [-0.4, -0.2) is 49.9 Å². The molecule has 1 saturated carbocycles. The Morgan fingerprint density at radius 1 is 1.23 bits per heavy atom. The molecular weight excluding hydrogens is 400 g/mol. The fourth-order valence-electron chi connectivity index (χ4n) is 3.55. The van der Waals surface area contributed by atoms with Gasteiger partial charge in [0.2, 0.25) is 0 Å². The standard InChI is InChI=1S/C19H25BrN2O4/c1-12(15-8-17-18(9-16(15)20)26-7-6-25-17)21-19(23)22(14-2-3-14)10-13-4-5-24-11-13/h8-9,12-14H,2-7,10-11H2,1H3,(H,21,23). The average Bonchev–Trinajstić information content (AvgIpc) is 3.34. The van der Waals surface area contributed by atoms with E-state index in [2.05, 4.69) is 21.2 Å². The van der Waals surface area contributed by atoms with Crippen molar-refractivity contribution in [3.05, 3.63) is 22.2 Å². The van der Waals surface area contributed by atoms with Gasteiger partial charge in [0, 0.05) is 29.6 Å². The number of hydrogen-bond acceptors (Lipinski definition) is 4. The number of rotatable bonds is 5. The number of ether oxygens (including phenoxy) is 3. The summed E-state index contributed by atoms with van der Waals surface area (Å²) in [6, 6.07) is 4.13. The van der Waals surface area contributed by atoms with Crippen molar-refractivity contribution in [2.75, 3.05) is 33.0 Å². The lowest BCUT2D eigenvalue weighted by Crippen LogP contribution is -2.44. The molecule has 3 aliphatic rings. The van der Waals surface area contributed by atoms with Crippen LogP contribution in [0.4, 0.5) is 4.79 Å². The Morgan fingerprint density at radius 3 is 2.62 bits per heavy atom. The molecule has 0 spiro atoms. The van der Waals surface area contributed by atoms with Gasteiger partial charge >= 0.3 is 6.03 Å². The maximum atomic E-state index is 12.9. The third kappa shape index (κ3) is 3.93. The van der Waals surface area contributed by atoms with Gasteiger partial charge in [0.15, 0.2) is 11.5 Å². The van der Waals surface area contributed by atoms with Gasteiger partial charge in [0.05, 0.1) is 12.6 Å². The van der Waals surface area contributed by atoms with Crippen molar-refractivity contribution in [2.45, 2.75) is 38.3 Å². The summed E-state index contributed by atoms with van der Waals surface area (Å²) in [5.41, 5.74) is 0.988. The number of amides is 2. The van der Waals surface area contributed by atoms with Gasteiger partial charge in [-0.1, -0.05) is 15.9 Å². The van der Waals surface area contributed by atoms with Gasteiger partial charge < -0.3 is 24.4 Å². The Hall–Kier alpha value is -1.47. The van der Waals surface area contributed by atoms with E-state index >= 15 is 0 Å². The minimum absolute atomic E-state index is 0.00805. The first kappa shape index (κ1) is 17.9. The molecule has 2 fully saturated rings. The lowest BCUT2D eigenvalue weighted by Gasteiger charge is -2.28. The molecule has 26 heavy (non-hydrogen) atoms. The van der Waals surface area contributed by atoms with Crippen LogP contribution in [0, 0.1) is 5.92 Å². The highest BCUT2D eigenvalue weighted by Gasteiger charge is 2.35. The van der Waals surface area contributed by atoms with E-state index in [9.17, 15) is 4.79 Å². The number of fused-ring (bicyclic) bond motifs is 1. The highest BCUT2D eigenvalue weighted by Crippen LogP contribution is 2.38. The Morgan fingerprint density at radius 2 is 1.96 bits per heavy atom. The zero-order valence-electron chi connectivity index (χ0n) is 15.0. The third-order valence-electron chi connectivity index (χ3n) is 5.20. The van der Waals surface area contributed by atoms with E-state index in [1.807, 2.05) is 24.0 Å². The zero-order valence-corrected chi connectivity index (χ0v) is 16.6. The maximum Gasteiger partial charge on any atom is 0.318 e. The molecule has 1 N–H and O–H groups in total. The molecule has 0 radical (unpaired) electrons. The van der Waals surface area contributed by atoms with E-state index in [0.29, 0.717) is 25.2 Å². The highest BCUT2D eigenvalue weighted by atomic mass is 79.9. The topological polar surface area (TPSA) is 60.0 Å². The lowest BCUT2D eigenvalue weighted by molar-refractivity contribution is 0.160. The maximum absolute atomic E-state index is 12.9. The van der Waals surface area contributed by atoms with Crippen LogP contribution in [0.25, 0.3) is 0 Å². The van der Waals surface area contributed by atoms with E-state index in [0.717, 1.165) is 60.6 Å². The van der Waals surface area contributed by atoms with Crippen LogP contribution in [0.1, 0.15) is 37.8 Å². The summed E-state index contributed by atoms with van der Waals surface area (Å²) in [5, 5.41) is 3.16. The first-order chi connectivity index (χ1) is 12.6. The van der Waals surface area contributed by atoms with Crippen molar-refractivity contribution in [1.29, 1.82) is 0 Å². The second kappa shape index (κ2) is 7.64. The summed E-state index contributed by atoms with van der Waals surface area (Å²) < 4.78 is 17.7. The van der Waals surface area contributed by atoms with Crippen LogP contribution in [0.15, 0.2) is 16.6 Å². The smallest absolute Gasteiger partial charge is 0.318 e. The highest BCUT2D eigenvalue weighted by molar-refractivity contribution is 9.10. The molecule has 6 nitrogen and oxygen atoms in total. The minimum Gasteiger partial charge on any atom is -0.486 e. The van der Waals surface area contributed by atoms with E-state index < -0.39 is 0 Å². The molecule has 4 rings (SSSR count). The molecule has 142 valence electrons. The van der Waals surface area contributed by atoms with Gasteiger partial charge in [-0.05, 0) is 43.9 Å². The summed E-state index contributed by atoms with van der Waals surface area (Å²) in [6.45, 7) is 5.47. The Balaban J connectivity index is 1.44. The lowest BCUT2D eigenvalue weighted by atomic mass is 10.1. The van der Waals surface area contributed by atoms with Gasteiger partial charge in [-0.2, -0.15) is 0 Å². The Labute approximate surface area is 162 Å². The van der Waals surface area contributed by atoms with Crippen LogP contribution >= 0.6 is 15.9 Å². The SMILES string of the molecule is CC(NC(=O)N(CC1CCOC1)C1CC1)c1cc2c(cc1Br)OCCO2. The van der Waals surface area contributed by atoms with E-state index in [1.165, 1.54) is 0 Å². The van der Waals surface area contributed by atoms with E-state index in [1.54, 1.807) is 0 Å². The number of urea groups is 1. The van der Waals surface area contributed by atoms with Crippen molar-refractivity contribution < 1.29 is 19.0 Å². The number of hydrogen-bond donors (Lipinski definition) is 1. The number of carbonyl (C=O) groups is 1. The quantitative estimate of drug-likeness (QED) is 0.785. The molecule has 1 aromatic rings. The average molecular weight is 425 g/mol. The van der Waals surface area contributed by atoms with Gasteiger partial charge in [0.25, 0.3) is 0 Å². The molecule has 1 aromatic carbocycles. The monoisotopic (exact) mass is 424 g/mol. The molecule has 2 unspecified atom stereocenters. The number of nitrogens with one attached hydrogen (secondary N) is 1. The number of halogens is 1. The van der Waals surface area contributed by atoms with Crippen LogP contribution in [0.5, 0.6) is 11.5 Å². The molecular formula is C19H25BrN2O4. The van der Waals surface area contributed by atoms with Crippen molar-refractivity contribution in [3.63, 3.8) is 0 Å². The minimum atomic E-state index is -0.131. The Bertz CT molecular complexity index is 674. The summed E-state index contributed by atoms with van der Waals surface area (Å²) >= 11 is 3.60. The molecule has 2 amide bonds. The van der Waals surface area contributed by atoms with Gasteiger partial charge in [-0.3, -0.25) is 0 Å². The van der Waals surface area contributed by atoms with Crippen molar-refractivity contribution in [3.8, 4) is 11.5 Å². The van der Waals surface area contributed by atoms with Gasteiger partial charge in [0.1, 0.15) is 13.2 Å². The van der Waals surface area contributed by atoms with Crippen molar-refractivity contribution >= 4 is 22.0 Å². The molecule has 1 aliphatic carbocycles. The fraction of sp³-hybridized carbons (Fsp3) is 0.632. The van der Waals surface area contributed by atoms with E-state index in [4.69, 9.17) is 14.2 Å². The van der Waals surface area contributed by atoms with Crippen molar-refractivity contribution in [1.82, 2.24) is 10.2 Å². The van der Waals surface area contributed by atoms with Crippen LogP contribution < -0.4 is 14.8 Å². The predicted molar refractivity (Wildman–Crippen MR) is 101 cm³/mol. The normalized spacial score (nSPS) is 22.8. The largest absolute Gasteiger partial charge is 0.486 e. The van der Waals surface area contributed by atoms with Crippen molar-refractivity contribution in [2.24, 2.45) is 5.92 Å². The molecule has 2 heterocycles. The fourth-order valence-corrected chi connectivity index (χ4v) is 4.21. The number of nitrogens with zero attached hydrogens (tertiary/aromatic N) is 1. The summed E-state index contributed by atoms with van der Waals surface area (Å²) in [4.78, 5) is 14.9. The summed E-state index contributed by atoms with van der Waals surface area (Å²) in [6.07, 6.45) is 3.24. The molecule has 7 heteroatoms.